The molecule has 10 heavy (non-hydrogen) atoms. The van der Waals surface area contributed by atoms with Gasteiger partial charge in [-0.3, -0.25) is 4.79 Å². The van der Waals surface area contributed by atoms with Crippen molar-refractivity contribution in [2.24, 2.45) is 11.8 Å². The highest BCUT2D eigenvalue weighted by Gasteiger charge is 2.48. The zero-order valence-corrected chi connectivity index (χ0v) is 6.26. The Bertz CT molecular complexity index is 167. The summed E-state index contributed by atoms with van der Waals surface area (Å²) in [5.41, 5.74) is 0. The Hall–Kier alpha value is -0.530. The Morgan fingerprint density at radius 1 is 1.50 bits per heavy atom. The highest BCUT2D eigenvalue weighted by molar-refractivity contribution is 5.73. The second-order valence-corrected chi connectivity index (χ2v) is 3.54. The zero-order valence-electron chi connectivity index (χ0n) is 6.26. The van der Waals surface area contributed by atoms with Gasteiger partial charge in [0.1, 0.15) is 0 Å². The second-order valence-electron chi connectivity index (χ2n) is 3.54. The Balaban J connectivity index is 1.88. The third kappa shape index (κ3) is 0.917. The molecule has 0 saturated heterocycles. The summed E-state index contributed by atoms with van der Waals surface area (Å²) in [6, 6.07) is 0.530. The van der Waals surface area contributed by atoms with Crippen molar-refractivity contribution >= 4 is 5.91 Å². The van der Waals surface area contributed by atoms with Crippen LogP contribution in [0, 0.1) is 11.8 Å². The SMILES string of the molecule is CC(=O)N[C@H]1CC[C@H]2C[C@H]21. The van der Waals surface area contributed by atoms with Crippen LogP contribution in [0.4, 0.5) is 0 Å². The summed E-state index contributed by atoms with van der Waals surface area (Å²) in [7, 11) is 0. The molecule has 2 rings (SSSR count). The minimum Gasteiger partial charge on any atom is -0.353 e. The van der Waals surface area contributed by atoms with Crippen molar-refractivity contribution in [2.75, 3.05) is 0 Å². The molecule has 0 aromatic heterocycles. The molecular formula is C8H13NO. The fourth-order valence-electron chi connectivity index (χ4n) is 2.14. The minimum absolute atomic E-state index is 0.137. The predicted octanol–water partition coefficient (Wildman–Crippen LogP) is 0.921. The molecule has 0 aliphatic heterocycles. The van der Waals surface area contributed by atoms with E-state index in [0.29, 0.717) is 6.04 Å². The summed E-state index contributed by atoms with van der Waals surface area (Å²) >= 11 is 0. The van der Waals surface area contributed by atoms with E-state index in [1.54, 1.807) is 6.92 Å². The van der Waals surface area contributed by atoms with Gasteiger partial charge in [-0.05, 0) is 31.1 Å². The Labute approximate surface area is 61.0 Å². The van der Waals surface area contributed by atoms with Crippen molar-refractivity contribution in [2.45, 2.75) is 32.2 Å². The van der Waals surface area contributed by atoms with E-state index in [-0.39, 0.29) is 5.91 Å². The molecule has 2 fully saturated rings. The van der Waals surface area contributed by atoms with Crippen LogP contribution >= 0.6 is 0 Å². The van der Waals surface area contributed by atoms with E-state index in [0.717, 1.165) is 11.8 Å². The third-order valence-electron chi connectivity index (χ3n) is 2.73. The molecule has 1 amide bonds. The van der Waals surface area contributed by atoms with Gasteiger partial charge in [0.25, 0.3) is 0 Å². The molecule has 56 valence electrons. The number of rotatable bonds is 1. The van der Waals surface area contributed by atoms with Crippen LogP contribution in [0.5, 0.6) is 0 Å². The highest BCUT2D eigenvalue weighted by Crippen LogP contribution is 2.51. The van der Waals surface area contributed by atoms with Gasteiger partial charge < -0.3 is 5.32 Å². The van der Waals surface area contributed by atoms with E-state index in [1.807, 2.05) is 0 Å². The predicted molar refractivity (Wildman–Crippen MR) is 38.4 cm³/mol. The van der Waals surface area contributed by atoms with E-state index >= 15 is 0 Å². The summed E-state index contributed by atoms with van der Waals surface area (Å²) in [5.74, 6) is 1.96. The lowest BCUT2D eigenvalue weighted by Gasteiger charge is -2.11. The molecule has 0 aromatic carbocycles. The van der Waals surface area contributed by atoms with Crippen molar-refractivity contribution in [1.29, 1.82) is 0 Å². The van der Waals surface area contributed by atoms with Gasteiger partial charge in [0.15, 0.2) is 0 Å². The molecule has 2 heteroatoms. The average molecular weight is 139 g/mol. The molecule has 2 saturated carbocycles. The minimum atomic E-state index is 0.137. The van der Waals surface area contributed by atoms with Crippen LogP contribution < -0.4 is 5.32 Å². The molecule has 0 unspecified atom stereocenters. The number of carbonyl (C=O) groups is 1. The van der Waals surface area contributed by atoms with Gasteiger partial charge in [-0.1, -0.05) is 0 Å². The molecule has 1 N–H and O–H groups in total. The lowest BCUT2D eigenvalue weighted by atomic mass is 10.2. The molecule has 0 aromatic rings. The first-order valence-electron chi connectivity index (χ1n) is 4.04. The average Bonchev–Trinajstić information content (AvgIpc) is 2.52. The largest absolute Gasteiger partial charge is 0.353 e. The van der Waals surface area contributed by atoms with Crippen LogP contribution in [0.2, 0.25) is 0 Å². The first-order valence-corrected chi connectivity index (χ1v) is 4.04. The number of hydrogen-bond acceptors (Lipinski definition) is 1. The molecule has 3 atom stereocenters. The lowest BCUT2D eigenvalue weighted by Crippen LogP contribution is -2.32. The topological polar surface area (TPSA) is 29.1 Å². The summed E-state index contributed by atoms with van der Waals surface area (Å²) in [4.78, 5) is 10.7. The van der Waals surface area contributed by atoms with Gasteiger partial charge in [0.05, 0.1) is 0 Å². The first kappa shape index (κ1) is 6.20. The number of fused-ring (bicyclic) bond motifs is 1. The van der Waals surface area contributed by atoms with Gasteiger partial charge in [-0.15, -0.1) is 0 Å². The Kier molecular flexibility index (Phi) is 1.22. The Morgan fingerprint density at radius 2 is 2.30 bits per heavy atom. The summed E-state index contributed by atoms with van der Waals surface area (Å²) in [6.07, 6.45) is 3.93. The van der Waals surface area contributed by atoms with Gasteiger partial charge in [0, 0.05) is 13.0 Å². The maximum atomic E-state index is 10.7. The van der Waals surface area contributed by atoms with Gasteiger partial charge in [-0.25, -0.2) is 0 Å². The Morgan fingerprint density at radius 3 is 2.70 bits per heavy atom. The van der Waals surface area contributed by atoms with E-state index in [4.69, 9.17) is 0 Å². The third-order valence-corrected chi connectivity index (χ3v) is 2.73. The second kappa shape index (κ2) is 1.97. The van der Waals surface area contributed by atoms with Gasteiger partial charge in [-0.2, -0.15) is 0 Å². The number of carbonyl (C=O) groups excluding carboxylic acids is 1. The van der Waals surface area contributed by atoms with E-state index in [9.17, 15) is 4.79 Å². The maximum absolute atomic E-state index is 10.7. The van der Waals surface area contributed by atoms with E-state index in [1.165, 1.54) is 19.3 Å². The number of hydrogen-bond donors (Lipinski definition) is 1. The van der Waals surface area contributed by atoms with Crippen LogP contribution in [-0.4, -0.2) is 11.9 Å². The van der Waals surface area contributed by atoms with E-state index < -0.39 is 0 Å². The van der Waals surface area contributed by atoms with Gasteiger partial charge in [0.2, 0.25) is 5.91 Å². The fourth-order valence-corrected chi connectivity index (χ4v) is 2.14. The van der Waals surface area contributed by atoms with Crippen LogP contribution in [0.15, 0.2) is 0 Å². The summed E-state index contributed by atoms with van der Waals surface area (Å²) in [6.45, 7) is 1.61. The molecule has 2 nitrogen and oxygen atoms in total. The molecule has 0 bridgehead atoms. The normalized spacial score (nSPS) is 42.7. The van der Waals surface area contributed by atoms with Crippen molar-refractivity contribution in [3.8, 4) is 0 Å². The fraction of sp³-hybridized carbons (Fsp3) is 0.875. The van der Waals surface area contributed by atoms with Crippen molar-refractivity contribution < 1.29 is 4.79 Å². The maximum Gasteiger partial charge on any atom is 0.217 e. The molecule has 2 aliphatic carbocycles. The van der Waals surface area contributed by atoms with Crippen molar-refractivity contribution in [1.82, 2.24) is 5.32 Å². The van der Waals surface area contributed by atoms with Crippen LogP contribution in [0.25, 0.3) is 0 Å². The van der Waals surface area contributed by atoms with Crippen LogP contribution in [0.1, 0.15) is 26.2 Å². The molecule has 0 radical (unpaired) electrons. The summed E-state index contributed by atoms with van der Waals surface area (Å²) in [5, 5.41) is 2.99. The molecule has 2 aliphatic rings. The quantitative estimate of drug-likeness (QED) is 0.575. The zero-order chi connectivity index (χ0) is 7.14. The smallest absolute Gasteiger partial charge is 0.217 e. The monoisotopic (exact) mass is 139 g/mol. The van der Waals surface area contributed by atoms with Crippen LogP contribution in [-0.2, 0) is 4.79 Å². The van der Waals surface area contributed by atoms with Gasteiger partial charge >= 0.3 is 0 Å². The van der Waals surface area contributed by atoms with Crippen molar-refractivity contribution in [3.05, 3.63) is 0 Å². The molecule has 0 heterocycles. The highest BCUT2D eigenvalue weighted by atomic mass is 16.1. The van der Waals surface area contributed by atoms with Crippen LogP contribution in [0.3, 0.4) is 0 Å². The van der Waals surface area contributed by atoms with Crippen molar-refractivity contribution in [3.63, 3.8) is 0 Å². The number of nitrogens with one attached hydrogen (secondary N) is 1. The number of amides is 1. The molecule has 0 spiro atoms. The van der Waals surface area contributed by atoms with E-state index in [2.05, 4.69) is 5.32 Å². The first-order chi connectivity index (χ1) is 4.77. The molecular weight excluding hydrogens is 126 g/mol. The standard InChI is InChI=1S/C8H13NO/c1-5(10)9-8-3-2-6-4-7(6)8/h6-8H,2-4H2,1H3,(H,9,10)/t6-,7+,8-/m0/s1. The summed E-state index contributed by atoms with van der Waals surface area (Å²) < 4.78 is 0. The lowest BCUT2D eigenvalue weighted by molar-refractivity contribution is -0.119.